The van der Waals surface area contributed by atoms with Gasteiger partial charge < -0.3 is 15.8 Å². The van der Waals surface area contributed by atoms with Crippen LogP contribution in [0.3, 0.4) is 0 Å². The van der Waals surface area contributed by atoms with Crippen molar-refractivity contribution in [2.45, 2.75) is 38.1 Å². The van der Waals surface area contributed by atoms with Crippen LogP contribution in [0.4, 0.5) is 0 Å². The topological polar surface area (TPSA) is 148 Å². The lowest BCUT2D eigenvalue weighted by Crippen LogP contribution is -2.54. The van der Waals surface area contributed by atoms with Crippen LogP contribution >= 0.6 is 0 Å². The molecular weight excluding hydrogens is 392 g/mol. The van der Waals surface area contributed by atoms with Crippen molar-refractivity contribution in [3.8, 4) is 5.75 Å². The number of hydrogen-bond donors (Lipinski definition) is 3. The zero-order valence-corrected chi connectivity index (χ0v) is 16.4. The number of rotatable bonds is 9. The normalized spacial score (nSPS) is 18.3. The fourth-order valence-electron chi connectivity index (χ4n) is 3.47. The minimum Gasteiger partial charge on any atom is -0.491 e. The molecule has 0 radical (unpaired) electrons. The first-order valence-electron chi connectivity index (χ1n) is 9.88. The third kappa shape index (κ3) is 4.48. The Balaban J connectivity index is 1.63. The highest BCUT2D eigenvalue weighted by Crippen LogP contribution is 2.33. The summed E-state index contributed by atoms with van der Waals surface area (Å²) < 4.78 is 5.63. The average Bonchev–Trinajstić information content (AvgIpc) is 2.97. The first-order chi connectivity index (χ1) is 14.4. The average molecular weight is 416 g/mol. The number of nitrogens with one attached hydrogen (secondary N) is 2. The summed E-state index contributed by atoms with van der Waals surface area (Å²) in [6, 6.07) is 3.60. The summed E-state index contributed by atoms with van der Waals surface area (Å²) in [5, 5.41) is 4.88. The third-order valence-electron chi connectivity index (χ3n) is 4.97. The van der Waals surface area contributed by atoms with E-state index in [1.54, 1.807) is 12.1 Å². The summed E-state index contributed by atoms with van der Waals surface area (Å²) in [7, 11) is 0. The van der Waals surface area contributed by atoms with E-state index in [2.05, 4.69) is 10.6 Å². The lowest BCUT2D eigenvalue weighted by Gasteiger charge is -2.27. The number of nitrogens with two attached hydrogens (primary N) is 1. The van der Waals surface area contributed by atoms with Gasteiger partial charge in [-0.1, -0.05) is 6.07 Å². The lowest BCUT2D eigenvalue weighted by molar-refractivity contribution is -0.136. The summed E-state index contributed by atoms with van der Waals surface area (Å²) >= 11 is 0. The van der Waals surface area contributed by atoms with Crippen molar-refractivity contribution in [1.29, 1.82) is 0 Å². The van der Waals surface area contributed by atoms with E-state index in [0.717, 1.165) is 11.3 Å². The number of piperidine rings is 1. The molecule has 0 spiro atoms. The maximum atomic E-state index is 12.9. The van der Waals surface area contributed by atoms with Crippen LogP contribution in [0.5, 0.6) is 5.75 Å². The van der Waals surface area contributed by atoms with Crippen molar-refractivity contribution in [2.24, 2.45) is 5.73 Å². The van der Waals surface area contributed by atoms with Crippen LogP contribution in [0.2, 0.25) is 0 Å². The van der Waals surface area contributed by atoms with Gasteiger partial charge in [-0.15, -0.1) is 0 Å². The van der Waals surface area contributed by atoms with Crippen LogP contribution in [0.1, 0.15) is 52.8 Å². The second kappa shape index (κ2) is 9.49. The molecule has 0 bridgehead atoms. The van der Waals surface area contributed by atoms with Gasteiger partial charge >= 0.3 is 0 Å². The van der Waals surface area contributed by atoms with Crippen LogP contribution in [0.15, 0.2) is 18.2 Å². The number of nitrogens with zero attached hydrogens (tertiary/aromatic N) is 1. The molecule has 10 heteroatoms. The van der Waals surface area contributed by atoms with E-state index in [1.807, 2.05) is 0 Å². The molecule has 1 atom stereocenters. The number of amides is 5. The summed E-state index contributed by atoms with van der Waals surface area (Å²) in [6.45, 7) is 0.890. The number of carbonyl (C=O) groups excluding carboxylic acids is 5. The number of fused-ring (bicyclic) bond motifs is 1. The van der Waals surface area contributed by atoms with E-state index in [1.165, 1.54) is 6.07 Å². The first-order valence-corrected chi connectivity index (χ1v) is 9.88. The summed E-state index contributed by atoms with van der Waals surface area (Å²) in [5.74, 6) is -2.23. The number of imide groups is 2. The molecule has 30 heavy (non-hydrogen) atoms. The number of carbonyl (C=O) groups is 5. The van der Waals surface area contributed by atoms with E-state index in [-0.39, 0.29) is 48.8 Å². The van der Waals surface area contributed by atoms with E-state index in [9.17, 15) is 24.0 Å². The minimum atomic E-state index is -1.03. The Morgan fingerprint density at radius 3 is 2.73 bits per heavy atom. The highest BCUT2D eigenvalue weighted by Gasteiger charge is 2.45. The number of benzene rings is 1. The van der Waals surface area contributed by atoms with Gasteiger partial charge in [-0.25, -0.2) is 0 Å². The van der Waals surface area contributed by atoms with E-state index >= 15 is 0 Å². The summed E-state index contributed by atoms with van der Waals surface area (Å²) in [5.41, 5.74) is 5.62. The second-order valence-electron chi connectivity index (χ2n) is 7.07. The molecule has 10 nitrogen and oxygen atoms in total. The van der Waals surface area contributed by atoms with Crippen molar-refractivity contribution < 1.29 is 28.7 Å². The first kappa shape index (κ1) is 21.4. The van der Waals surface area contributed by atoms with Gasteiger partial charge in [0.1, 0.15) is 18.4 Å². The quantitative estimate of drug-likeness (QED) is 0.370. The standard InChI is InChI=1S/C20H24N4O6/c21-9-2-1-6-15(25)22-10-11-30-14-5-3-4-12-17(14)20(29)24(19(12)28)13-7-8-16(26)23-18(13)27/h3-5,13H,1-2,6-11,21H2,(H,22,25)(H,23,26,27). The predicted molar refractivity (Wildman–Crippen MR) is 105 cm³/mol. The molecule has 2 aliphatic rings. The highest BCUT2D eigenvalue weighted by molar-refractivity contribution is 6.24. The van der Waals surface area contributed by atoms with Crippen molar-refractivity contribution >= 4 is 29.5 Å². The Morgan fingerprint density at radius 2 is 2.00 bits per heavy atom. The molecule has 4 N–H and O–H groups in total. The zero-order valence-electron chi connectivity index (χ0n) is 16.4. The monoisotopic (exact) mass is 416 g/mol. The second-order valence-corrected chi connectivity index (χ2v) is 7.07. The largest absolute Gasteiger partial charge is 0.491 e. The number of hydrogen-bond acceptors (Lipinski definition) is 7. The minimum absolute atomic E-state index is 0.0537. The fourth-order valence-corrected chi connectivity index (χ4v) is 3.47. The number of ether oxygens (including phenoxy) is 1. The Kier molecular flexibility index (Phi) is 6.78. The molecule has 0 aromatic heterocycles. The molecule has 160 valence electrons. The van der Waals surface area contributed by atoms with E-state index in [4.69, 9.17) is 10.5 Å². The lowest BCUT2D eigenvalue weighted by atomic mass is 10.0. The maximum absolute atomic E-state index is 12.9. The van der Waals surface area contributed by atoms with Crippen molar-refractivity contribution in [3.63, 3.8) is 0 Å². The van der Waals surface area contributed by atoms with Crippen LogP contribution < -0.4 is 21.1 Å². The van der Waals surface area contributed by atoms with Gasteiger partial charge in [0.05, 0.1) is 17.7 Å². The molecule has 1 unspecified atom stereocenters. The fraction of sp³-hybridized carbons (Fsp3) is 0.450. The van der Waals surface area contributed by atoms with Crippen LogP contribution in [0, 0.1) is 0 Å². The number of unbranched alkanes of at least 4 members (excludes halogenated alkanes) is 1. The van der Waals surface area contributed by atoms with Crippen LogP contribution in [-0.4, -0.2) is 60.2 Å². The van der Waals surface area contributed by atoms with Gasteiger partial charge in [0.15, 0.2) is 0 Å². The van der Waals surface area contributed by atoms with Gasteiger partial charge in [0.2, 0.25) is 17.7 Å². The molecule has 2 aliphatic heterocycles. The van der Waals surface area contributed by atoms with Gasteiger partial charge in [0, 0.05) is 12.8 Å². The predicted octanol–water partition coefficient (Wildman–Crippen LogP) is -0.288. The zero-order chi connectivity index (χ0) is 21.7. The molecule has 5 amide bonds. The van der Waals surface area contributed by atoms with Crippen molar-refractivity contribution in [1.82, 2.24) is 15.5 Å². The van der Waals surface area contributed by atoms with Gasteiger partial charge in [-0.05, 0) is 37.9 Å². The molecule has 1 aromatic rings. The molecule has 0 saturated carbocycles. The maximum Gasteiger partial charge on any atom is 0.266 e. The molecular formula is C20H24N4O6. The molecule has 1 saturated heterocycles. The smallest absolute Gasteiger partial charge is 0.266 e. The Morgan fingerprint density at radius 1 is 1.20 bits per heavy atom. The SMILES string of the molecule is NCCCCC(=O)NCCOc1cccc2c1C(=O)N(C1CCC(=O)NC1=O)C2=O. The Bertz CT molecular complexity index is 884. The molecule has 3 rings (SSSR count). The van der Waals surface area contributed by atoms with Crippen LogP contribution in [0.25, 0.3) is 0 Å². The third-order valence-corrected chi connectivity index (χ3v) is 4.97. The highest BCUT2D eigenvalue weighted by atomic mass is 16.5. The van der Waals surface area contributed by atoms with Crippen LogP contribution in [-0.2, 0) is 14.4 Å². The Labute approximate surface area is 173 Å². The van der Waals surface area contributed by atoms with Gasteiger partial charge in [-0.3, -0.25) is 34.2 Å². The molecule has 1 aromatic carbocycles. The molecule has 1 fully saturated rings. The Hall–Kier alpha value is -3.27. The van der Waals surface area contributed by atoms with Gasteiger partial charge in [0.25, 0.3) is 11.8 Å². The van der Waals surface area contributed by atoms with Gasteiger partial charge in [-0.2, -0.15) is 0 Å². The van der Waals surface area contributed by atoms with Crippen molar-refractivity contribution in [3.05, 3.63) is 29.3 Å². The van der Waals surface area contributed by atoms with E-state index < -0.39 is 29.7 Å². The van der Waals surface area contributed by atoms with Crippen molar-refractivity contribution in [2.75, 3.05) is 19.7 Å². The summed E-state index contributed by atoms with van der Waals surface area (Å²) in [6.07, 6.45) is 2.01. The molecule has 2 heterocycles. The summed E-state index contributed by atoms with van der Waals surface area (Å²) in [4.78, 5) is 61.8. The van der Waals surface area contributed by atoms with E-state index in [0.29, 0.717) is 19.4 Å². The molecule has 0 aliphatic carbocycles.